The van der Waals surface area contributed by atoms with Crippen LogP contribution in [0.5, 0.6) is 5.75 Å². The molecule has 0 spiro atoms. The van der Waals surface area contributed by atoms with E-state index < -0.39 is 17.9 Å². The molecule has 2 aliphatic heterocycles. The monoisotopic (exact) mass is 636 g/mol. The van der Waals surface area contributed by atoms with Gasteiger partial charge in [-0.05, 0) is 80.7 Å². The van der Waals surface area contributed by atoms with Crippen molar-refractivity contribution >= 4 is 40.1 Å². The van der Waals surface area contributed by atoms with Crippen molar-refractivity contribution in [3.63, 3.8) is 0 Å². The normalized spacial score (nSPS) is 18.9. The molecule has 1 saturated carbocycles. The number of pyridine rings is 2. The van der Waals surface area contributed by atoms with E-state index in [0.717, 1.165) is 30.6 Å². The first-order valence-corrected chi connectivity index (χ1v) is 15.4. The molecule has 234 valence electrons. The Hall–Kier alpha value is -4.16. The highest BCUT2D eigenvalue weighted by Crippen LogP contribution is 2.45. The number of anilines is 1. The fourth-order valence-corrected chi connectivity index (χ4v) is 6.46. The maximum Gasteiger partial charge on any atom is 0.482 e. The number of carbonyl (C=O) groups excluding carboxylic acids is 2. The Labute approximate surface area is 262 Å². The molecule has 2 amide bonds. The third-order valence-electron chi connectivity index (χ3n) is 8.96. The summed E-state index contributed by atoms with van der Waals surface area (Å²) in [6, 6.07) is 7.75. The number of fused-ring (bicyclic) bond motifs is 2. The molecule has 7 rings (SSSR count). The molecule has 1 atom stereocenters. The van der Waals surface area contributed by atoms with E-state index in [2.05, 4.69) is 11.9 Å². The number of aromatic nitrogens is 4. The van der Waals surface area contributed by atoms with Crippen molar-refractivity contribution in [3.05, 3.63) is 64.7 Å². The van der Waals surface area contributed by atoms with Gasteiger partial charge in [-0.2, -0.15) is 13.9 Å². The molecule has 10 nitrogen and oxygen atoms in total. The van der Waals surface area contributed by atoms with E-state index in [9.17, 15) is 9.59 Å². The number of hydrogen-bond donors (Lipinski definition) is 1. The van der Waals surface area contributed by atoms with Crippen LogP contribution in [0.2, 0.25) is 5.02 Å². The number of alkyl halides is 2. The van der Waals surface area contributed by atoms with Gasteiger partial charge in [-0.15, -0.1) is 0 Å². The number of nitrogens with two attached hydrogens (primary N) is 1. The second-order valence-corrected chi connectivity index (χ2v) is 12.4. The fraction of sp³-hybridized carbons (Fsp3) is 0.406. The van der Waals surface area contributed by atoms with Crippen molar-refractivity contribution in [2.24, 2.45) is 17.6 Å². The summed E-state index contributed by atoms with van der Waals surface area (Å²) in [4.78, 5) is 36.0. The molecular weight excluding hydrogens is 606 g/mol. The van der Waals surface area contributed by atoms with E-state index >= 15 is 8.78 Å². The summed E-state index contributed by atoms with van der Waals surface area (Å²) in [5, 5.41) is 5.67. The minimum absolute atomic E-state index is 0.00607. The number of hydrogen-bond acceptors (Lipinski definition) is 7. The molecule has 2 fully saturated rings. The first kappa shape index (κ1) is 29.5. The lowest BCUT2D eigenvalue weighted by molar-refractivity contribution is -0.193. The Morgan fingerprint density at radius 3 is 2.62 bits per heavy atom. The third kappa shape index (κ3) is 5.50. The van der Waals surface area contributed by atoms with Crippen LogP contribution < -0.4 is 15.4 Å². The largest absolute Gasteiger partial charge is 0.482 e. The van der Waals surface area contributed by atoms with Crippen LogP contribution >= 0.6 is 11.6 Å². The smallest absolute Gasteiger partial charge is 0.423 e. The summed E-state index contributed by atoms with van der Waals surface area (Å²) < 4.78 is 42.5. The van der Waals surface area contributed by atoms with Crippen molar-refractivity contribution in [2.75, 3.05) is 18.1 Å². The SMILES string of the molecule is C[C@@H](C1CCOCC1)n1ncc2c(-c3ccc4c(c3)OC(F)(F)C(=O)N4Cc3ccc(Cl)cn3)c(C(N)=O)c(CC3CC3)nc21. The van der Waals surface area contributed by atoms with Crippen molar-refractivity contribution < 1.29 is 27.8 Å². The van der Waals surface area contributed by atoms with E-state index in [1.54, 1.807) is 24.4 Å². The highest BCUT2D eigenvalue weighted by Gasteiger charge is 2.50. The summed E-state index contributed by atoms with van der Waals surface area (Å²) >= 11 is 5.93. The first-order valence-electron chi connectivity index (χ1n) is 15.0. The van der Waals surface area contributed by atoms with Crippen molar-refractivity contribution in [1.29, 1.82) is 0 Å². The molecule has 2 N–H and O–H groups in total. The Morgan fingerprint density at radius 2 is 1.93 bits per heavy atom. The molecular formula is C32H31ClF2N6O4. The lowest BCUT2D eigenvalue weighted by Gasteiger charge is -2.33. The van der Waals surface area contributed by atoms with Gasteiger partial charge in [0, 0.05) is 30.4 Å². The molecule has 5 heterocycles. The second-order valence-electron chi connectivity index (χ2n) is 12.0. The van der Waals surface area contributed by atoms with Crippen LogP contribution in [0.15, 0.2) is 42.7 Å². The highest BCUT2D eigenvalue weighted by atomic mass is 35.5. The van der Waals surface area contributed by atoms with Crippen LogP contribution in [-0.2, 0) is 22.5 Å². The van der Waals surface area contributed by atoms with E-state index in [4.69, 9.17) is 36.9 Å². The predicted molar refractivity (Wildman–Crippen MR) is 162 cm³/mol. The van der Waals surface area contributed by atoms with Crippen molar-refractivity contribution in [2.45, 2.75) is 57.7 Å². The van der Waals surface area contributed by atoms with Crippen LogP contribution in [0.4, 0.5) is 14.5 Å². The van der Waals surface area contributed by atoms with Gasteiger partial charge in [0.25, 0.3) is 5.91 Å². The molecule has 1 aliphatic carbocycles. The molecule has 3 aromatic heterocycles. The molecule has 1 saturated heterocycles. The number of halogens is 3. The number of nitrogens with zero attached hydrogens (tertiary/aromatic N) is 5. The topological polar surface area (TPSA) is 125 Å². The van der Waals surface area contributed by atoms with Gasteiger partial charge in [0.2, 0.25) is 0 Å². The van der Waals surface area contributed by atoms with E-state index in [1.807, 2.05) is 4.68 Å². The molecule has 4 aromatic rings. The molecule has 45 heavy (non-hydrogen) atoms. The zero-order chi connectivity index (χ0) is 31.5. The first-order chi connectivity index (χ1) is 21.6. The maximum atomic E-state index is 15.0. The maximum absolute atomic E-state index is 15.0. The Balaban J connectivity index is 1.37. The summed E-state index contributed by atoms with van der Waals surface area (Å²) in [5.41, 5.74) is 8.75. The van der Waals surface area contributed by atoms with Crippen LogP contribution in [0.3, 0.4) is 0 Å². The summed E-state index contributed by atoms with van der Waals surface area (Å²) in [5.74, 6) is -1.70. The molecule has 13 heteroatoms. The van der Waals surface area contributed by atoms with Gasteiger partial charge >= 0.3 is 12.0 Å². The Bertz CT molecular complexity index is 1800. The molecule has 3 aliphatic rings. The third-order valence-corrected chi connectivity index (χ3v) is 9.18. The average Bonchev–Trinajstić information content (AvgIpc) is 3.74. The van der Waals surface area contributed by atoms with Gasteiger partial charge in [-0.3, -0.25) is 19.5 Å². The van der Waals surface area contributed by atoms with E-state index in [0.29, 0.717) is 70.0 Å². The number of benzene rings is 1. The summed E-state index contributed by atoms with van der Waals surface area (Å²) in [6.07, 6.45) is 3.30. The summed E-state index contributed by atoms with van der Waals surface area (Å²) in [7, 11) is 0. The highest BCUT2D eigenvalue weighted by molar-refractivity contribution is 6.30. The van der Waals surface area contributed by atoms with Crippen LogP contribution in [0.25, 0.3) is 22.2 Å². The summed E-state index contributed by atoms with van der Waals surface area (Å²) in [6.45, 7) is 3.23. The van der Waals surface area contributed by atoms with Crippen LogP contribution in [-0.4, -0.2) is 50.9 Å². The molecule has 0 bridgehead atoms. The van der Waals surface area contributed by atoms with Crippen molar-refractivity contribution in [1.82, 2.24) is 19.7 Å². The second kappa shape index (κ2) is 11.3. The minimum atomic E-state index is -4.13. The number of rotatable bonds is 8. The van der Waals surface area contributed by atoms with Gasteiger partial charge in [0.1, 0.15) is 0 Å². The van der Waals surface area contributed by atoms with Crippen LogP contribution in [0, 0.1) is 11.8 Å². The van der Waals surface area contributed by atoms with Gasteiger partial charge in [-0.1, -0.05) is 17.7 Å². The predicted octanol–water partition coefficient (Wildman–Crippen LogP) is 5.70. The van der Waals surface area contributed by atoms with Gasteiger partial charge < -0.3 is 15.2 Å². The molecule has 0 unspecified atom stereocenters. The average molecular weight is 637 g/mol. The number of ether oxygens (including phenoxy) is 2. The van der Waals surface area contributed by atoms with Gasteiger partial charge in [-0.25, -0.2) is 9.67 Å². The fourth-order valence-electron chi connectivity index (χ4n) is 6.35. The lowest BCUT2D eigenvalue weighted by Crippen LogP contribution is -2.50. The Kier molecular flexibility index (Phi) is 7.44. The number of primary amides is 1. The zero-order valence-corrected chi connectivity index (χ0v) is 25.3. The van der Waals surface area contributed by atoms with Gasteiger partial charge in [0.15, 0.2) is 11.4 Å². The lowest BCUT2D eigenvalue weighted by atomic mass is 9.92. The molecule has 0 radical (unpaired) electrons. The quantitative estimate of drug-likeness (QED) is 0.263. The Morgan fingerprint density at radius 1 is 1.16 bits per heavy atom. The zero-order valence-electron chi connectivity index (χ0n) is 24.5. The van der Waals surface area contributed by atoms with Crippen LogP contribution in [0.1, 0.15) is 60.4 Å². The van der Waals surface area contributed by atoms with E-state index in [1.165, 1.54) is 18.3 Å². The number of carbonyl (C=O) groups is 2. The van der Waals surface area contributed by atoms with E-state index in [-0.39, 0.29) is 29.6 Å². The molecule has 1 aromatic carbocycles. The van der Waals surface area contributed by atoms with Gasteiger partial charge in [0.05, 0.1) is 46.4 Å². The number of amides is 2. The van der Waals surface area contributed by atoms with Crippen molar-refractivity contribution in [3.8, 4) is 16.9 Å². The standard InChI is InChI=1S/C32H31ClF2N6O4/c1-17(19-8-10-44-11-9-19)41-30-23(15-38-41)27(28(29(36)42)24(39-30)12-18-2-3-18)20-4-7-25-26(13-20)45-32(34,35)31(43)40(25)16-22-6-5-21(33)14-37-22/h4-7,13-15,17-19H,2-3,8-12,16H2,1H3,(H2,36,42)/t17-/m0/s1. The minimum Gasteiger partial charge on any atom is -0.423 e.